The number of rotatable bonds is 0. The summed E-state index contributed by atoms with van der Waals surface area (Å²) < 4.78 is 1.40. The summed E-state index contributed by atoms with van der Waals surface area (Å²) in [6, 6.07) is 2.29. The first kappa shape index (κ1) is 9.52. The Labute approximate surface area is 86.2 Å². The van der Waals surface area contributed by atoms with E-state index in [2.05, 4.69) is 56.4 Å². The SMILES string of the molecule is Cc1sc(C(C)(C)C)cc1I. The van der Waals surface area contributed by atoms with Crippen molar-refractivity contribution in [3.05, 3.63) is 19.4 Å². The highest BCUT2D eigenvalue weighted by molar-refractivity contribution is 14.1. The minimum absolute atomic E-state index is 0.318. The maximum atomic E-state index is 2.40. The standard InChI is InChI=1S/C9H13IS/c1-6-7(10)5-8(11-6)9(2,3)4/h5H,1-4H3. The molecule has 0 aromatic carbocycles. The Hall–Kier alpha value is 0.430. The number of aryl methyl sites for hydroxylation is 1. The Morgan fingerprint density at radius 1 is 1.36 bits per heavy atom. The molecule has 0 aliphatic carbocycles. The van der Waals surface area contributed by atoms with Gasteiger partial charge in [0.15, 0.2) is 0 Å². The lowest BCUT2D eigenvalue weighted by Crippen LogP contribution is -2.07. The molecular formula is C9H13IS. The third kappa shape index (κ3) is 2.18. The predicted molar refractivity (Wildman–Crippen MR) is 60.5 cm³/mol. The summed E-state index contributed by atoms with van der Waals surface area (Å²) >= 11 is 4.31. The van der Waals surface area contributed by atoms with Gasteiger partial charge in [-0.1, -0.05) is 20.8 Å². The molecule has 11 heavy (non-hydrogen) atoms. The molecule has 0 spiro atoms. The largest absolute Gasteiger partial charge is 0.144 e. The molecule has 1 heterocycles. The van der Waals surface area contributed by atoms with Crippen molar-refractivity contribution in [3.63, 3.8) is 0 Å². The number of thiophene rings is 1. The van der Waals surface area contributed by atoms with Gasteiger partial charge in [0, 0.05) is 13.3 Å². The molecule has 0 saturated carbocycles. The molecule has 0 amide bonds. The smallest absolute Gasteiger partial charge is 0.0269 e. The first-order valence-corrected chi connectivity index (χ1v) is 5.57. The fourth-order valence-corrected chi connectivity index (χ4v) is 2.65. The van der Waals surface area contributed by atoms with Crippen molar-refractivity contribution in [2.75, 3.05) is 0 Å². The quantitative estimate of drug-likeness (QED) is 0.631. The van der Waals surface area contributed by atoms with E-state index in [0.29, 0.717) is 5.41 Å². The van der Waals surface area contributed by atoms with Crippen molar-refractivity contribution in [2.24, 2.45) is 0 Å². The van der Waals surface area contributed by atoms with E-state index in [-0.39, 0.29) is 0 Å². The van der Waals surface area contributed by atoms with Gasteiger partial charge in [-0.15, -0.1) is 11.3 Å². The maximum absolute atomic E-state index is 2.40. The molecule has 0 saturated heterocycles. The van der Waals surface area contributed by atoms with Crippen LogP contribution in [-0.4, -0.2) is 0 Å². The van der Waals surface area contributed by atoms with Gasteiger partial charge in [-0.3, -0.25) is 0 Å². The fourth-order valence-electron chi connectivity index (χ4n) is 0.829. The lowest BCUT2D eigenvalue weighted by atomic mass is 9.95. The van der Waals surface area contributed by atoms with E-state index in [1.54, 1.807) is 0 Å². The minimum atomic E-state index is 0.318. The molecule has 1 aromatic heterocycles. The van der Waals surface area contributed by atoms with Crippen LogP contribution in [0.25, 0.3) is 0 Å². The summed E-state index contributed by atoms with van der Waals surface area (Å²) in [5, 5.41) is 0. The Bertz CT molecular complexity index is 236. The second-order valence-electron chi connectivity index (χ2n) is 3.76. The molecule has 0 radical (unpaired) electrons. The normalized spacial score (nSPS) is 12.1. The van der Waals surface area contributed by atoms with Crippen molar-refractivity contribution in [1.29, 1.82) is 0 Å². The van der Waals surface area contributed by atoms with Crippen LogP contribution in [0, 0.1) is 10.5 Å². The van der Waals surface area contributed by atoms with E-state index in [0.717, 1.165) is 0 Å². The second kappa shape index (κ2) is 3.05. The van der Waals surface area contributed by atoms with E-state index in [9.17, 15) is 0 Å². The molecule has 0 unspecified atom stereocenters. The molecule has 0 aliphatic heterocycles. The summed E-state index contributed by atoms with van der Waals surface area (Å²) in [5.74, 6) is 0. The first-order valence-electron chi connectivity index (χ1n) is 3.67. The van der Waals surface area contributed by atoms with Gasteiger partial charge in [0.2, 0.25) is 0 Å². The Balaban J connectivity index is 3.08. The van der Waals surface area contributed by atoms with Gasteiger partial charge >= 0.3 is 0 Å². The van der Waals surface area contributed by atoms with E-state index >= 15 is 0 Å². The van der Waals surface area contributed by atoms with Gasteiger partial charge in [-0.05, 0) is 41.0 Å². The molecule has 0 nitrogen and oxygen atoms in total. The summed E-state index contributed by atoms with van der Waals surface area (Å²) in [5.41, 5.74) is 0.318. The fraction of sp³-hybridized carbons (Fsp3) is 0.556. The number of halogens is 1. The Morgan fingerprint density at radius 2 is 1.91 bits per heavy atom. The zero-order chi connectivity index (χ0) is 8.65. The van der Waals surface area contributed by atoms with Crippen LogP contribution in [0.5, 0.6) is 0 Å². The average Bonchev–Trinajstić information content (AvgIpc) is 2.11. The van der Waals surface area contributed by atoms with E-state index in [1.165, 1.54) is 13.3 Å². The zero-order valence-corrected chi connectivity index (χ0v) is 10.3. The molecule has 1 rings (SSSR count). The molecule has 1 aromatic rings. The highest BCUT2D eigenvalue weighted by Gasteiger charge is 2.16. The van der Waals surface area contributed by atoms with Crippen molar-refractivity contribution in [1.82, 2.24) is 0 Å². The van der Waals surface area contributed by atoms with Crippen molar-refractivity contribution in [3.8, 4) is 0 Å². The van der Waals surface area contributed by atoms with Gasteiger partial charge in [0.05, 0.1) is 0 Å². The van der Waals surface area contributed by atoms with Crippen LogP contribution in [0.3, 0.4) is 0 Å². The van der Waals surface area contributed by atoms with Crippen LogP contribution in [0.2, 0.25) is 0 Å². The minimum Gasteiger partial charge on any atom is -0.144 e. The van der Waals surface area contributed by atoms with Gasteiger partial charge in [-0.25, -0.2) is 0 Å². The monoisotopic (exact) mass is 280 g/mol. The Kier molecular flexibility index (Phi) is 2.64. The third-order valence-corrected chi connectivity index (χ3v) is 4.56. The topological polar surface area (TPSA) is 0 Å². The summed E-state index contributed by atoms with van der Waals surface area (Å²) in [6.07, 6.45) is 0. The van der Waals surface area contributed by atoms with Crippen LogP contribution >= 0.6 is 33.9 Å². The lowest BCUT2D eigenvalue weighted by molar-refractivity contribution is 0.604. The van der Waals surface area contributed by atoms with E-state index in [1.807, 2.05) is 11.3 Å². The molecule has 2 heteroatoms. The molecule has 0 bridgehead atoms. The van der Waals surface area contributed by atoms with Crippen LogP contribution in [-0.2, 0) is 5.41 Å². The Morgan fingerprint density at radius 3 is 2.09 bits per heavy atom. The van der Waals surface area contributed by atoms with Crippen LogP contribution in [0.4, 0.5) is 0 Å². The predicted octanol–water partition coefficient (Wildman–Crippen LogP) is 3.96. The molecule has 0 aliphatic rings. The van der Waals surface area contributed by atoms with Crippen LogP contribution < -0.4 is 0 Å². The second-order valence-corrected chi connectivity index (χ2v) is 6.18. The average molecular weight is 280 g/mol. The summed E-state index contributed by atoms with van der Waals surface area (Å²) in [7, 11) is 0. The first-order chi connectivity index (χ1) is 4.91. The molecule has 0 N–H and O–H groups in total. The zero-order valence-electron chi connectivity index (χ0n) is 7.36. The molecule has 62 valence electrons. The highest BCUT2D eigenvalue weighted by Crippen LogP contribution is 2.32. The third-order valence-electron chi connectivity index (χ3n) is 1.60. The van der Waals surface area contributed by atoms with E-state index in [4.69, 9.17) is 0 Å². The summed E-state index contributed by atoms with van der Waals surface area (Å²) in [4.78, 5) is 2.93. The van der Waals surface area contributed by atoms with Crippen molar-refractivity contribution < 1.29 is 0 Å². The lowest BCUT2D eigenvalue weighted by Gasteiger charge is -2.15. The number of hydrogen-bond acceptors (Lipinski definition) is 1. The van der Waals surface area contributed by atoms with Gasteiger partial charge in [0.25, 0.3) is 0 Å². The summed E-state index contributed by atoms with van der Waals surface area (Å²) in [6.45, 7) is 8.96. The van der Waals surface area contributed by atoms with Crippen molar-refractivity contribution >= 4 is 33.9 Å². The molecular weight excluding hydrogens is 267 g/mol. The van der Waals surface area contributed by atoms with Crippen LogP contribution in [0.1, 0.15) is 30.5 Å². The van der Waals surface area contributed by atoms with E-state index < -0.39 is 0 Å². The van der Waals surface area contributed by atoms with Crippen LogP contribution in [0.15, 0.2) is 6.07 Å². The van der Waals surface area contributed by atoms with Crippen molar-refractivity contribution in [2.45, 2.75) is 33.1 Å². The highest BCUT2D eigenvalue weighted by atomic mass is 127. The number of hydrogen-bond donors (Lipinski definition) is 0. The maximum Gasteiger partial charge on any atom is 0.0269 e. The van der Waals surface area contributed by atoms with Gasteiger partial charge in [-0.2, -0.15) is 0 Å². The molecule has 0 fully saturated rings. The molecule has 0 atom stereocenters. The van der Waals surface area contributed by atoms with Gasteiger partial charge < -0.3 is 0 Å². The van der Waals surface area contributed by atoms with Gasteiger partial charge in [0.1, 0.15) is 0 Å².